The molecule has 1 aliphatic heterocycles. The van der Waals surface area contributed by atoms with Crippen molar-refractivity contribution in [2.45, 2.75) is 44.8 Å². The zero-order valence-corrected chi connectivity index (χ0v) is 19.0. The van der Waals surface area contributed by atoms with Gasteiger partial charge in [-0.15, -0.1) is 0 Å². The number of hydrogen-bond acceptors (Lipinski definition) is 6. The summed E-state index contributed by atoms with van der Waals surface area (Å²) in [5.41, 5.74) is 5.75. The molecule has 1 aliphatic carbocycles. The number of halogens is 1. The lowest BCUT2D eigenvalue weighted by Crippen LogP contribution is -2.48. The van der Waals surface area contributed by atoms with Crippen LogP contribution in [0, 0.1) is 34.9 Å². The van der Waals surface area contributed by atoms with Gasteiger partial charge in [0.1, 0.15) is 11.4 Å². The predicted molar refractivity (Wildman–Crippen MR) is 122 cm³/mol. The summed E-state index contributed by atoms with van der Waals surface area (Å²) in [5, 5.41) is 27.5. The second kappa shape index (κ2) is 9.12. The first kappa shape index (κ1) is 23.2. The number of hydrogen-bond donors (Lipinski definition) is 3. The molecule has 2 heterocycles. The monoisotopic (exact) mass is 454 g/mol. The van der Waals surface area contributed by atoms with Crippen molar-refractivity contribution in [1.82, 2.24) is 14.7 Å². The summed E-state index contributed by atoms with van der Waals surface area (Å²) in [7, 11) is 0. The number of anilines is 2. The van der Waals surface area contributed by atoms with E-state index >= 15 is 0 Å². The molecule has 1 saturated carbocycles. The number of nitrogens with zero attached hydrogens (tertiary/aromatic N) is 4. The Bertz CT molecular complexity index is 1030. The number of piperidine rings is 1. The molecule has 1 aromatic heterocycles. The van der Waals surface area contributed by atoms with Gasteiger partial charge in [0.15, 0.2) is 5.82 Å². The van der Waals surface area contributed by atoms with Gasteiger partial charge in [-0.1, -0.05) is 0 Å². The van der Waals surface area contributed by atoms with Crippen molar-refractivity contribution in [1.29, 1.82) is 5.26 Å². The Morgan fingerprint density at radius 1 is 1.36 bits per heavy atom. The molecule has 176 valence electrons. The van der Waals surface area contributed by atoms with Gasteiger partial charge in [0, 0.05) is 25.0 Å². The quantitative estimate of drug-likeness (QED) is 0.591. The fourth-order valence-corrected chi connectivity index (χ4v) is 4.91. The minimum Gasteiger partial charge on any atom is -0.390 e. The number of aromatic nitrogens is 2. The largest absolute Gasteiger partial charge is 0.390 e. The van der Waals surface area contributed by atoms with E-state index in [9.17, 15) is 19.6 Å². The van der Waals surface area contributed by atoms with E-state index in [1.807, 2.05) is 13.8 Å². The number of primary amides is 1. The van der Waals surface area contributed by atoms with E-state index in [4.69, 9.17) is 5.73 Å². The summed E-state index contributed by atoms with van der Waals surface area (Å²) < 4.78 is 14.9. The molecule has 1 saturated heterocycles. The molecule has 1 aromatic carbocycles. The number of carbonyl (C=O) groups excluding carboxylic acids is 1. The third-order valence-electron chi connectivity index (χ3n) is 7.03. The third kappa shape index (κ3) is 5.18. The molecule has 2 atom stereocenters. The van der Waals surface area contributed by atoms with Gasteiger partial charge in [0.2, 0.25) is 0 Å². The molecule has 2 aromatic rings. The maximum Gasteiger partial charge on any atom is 0.254 e. The van der Waals surface area contributed by atoms with E-state index in [-0.39, 0.29) is 29.2 Å². The summed E-state index contributed by atoms with van der Waals surface area (Å²) in [5.74, 6) is -0.0599. The Hall–Kier alpha value is -2.96. The maximum absolute atomic E-state index is 13.2. The molecular weight excluding hydrogens is 423 g/mol. The topological polar surface area (TPSA) is 120 Å². The van der Waals surface area contributed by atoms with Crippen molar-refractivity contribution in [3.8, 4) is 6.07 Å². The summed E-state index contributed by atoms with van der Waals surface area (Å²) >= 11 is 0. The van der Waals surface area contributed by atoms with E-state index in [2.05, 4.69) is 21.4 Å². The molecule has 4 rings (SSSR count). The second-order valence-corrected chi connectivity index (χ2v) is 9.91. The van der Waals surface area contributed by atoms with Gasteiger partial charge < -0.3 is 21.1 Å². The van der Waals surface area contributed by atoms with Crippen LogP contribution in [0.15, 0.2) is 30.5 Å². The normalized spacial score (nSPS) is 25.8. The number of aliphatic hydroxyl groups is 1. The molecule has 2 fully saturated rings. The fourth-order valence-electron chi connectivity index (χ4n) is 4.91. The van der Waals surface area contributed by atoms with Crippen molar-refractivity contribution < 1.29 is 14.3 Å². The molecule has 0 spiro atoms. The first-order chi connectivity index (χ1) is 15.6. The van der Waals surface area contributed by atoms with E-state index in [0.717, 1.165) is 32.4 Å². The Kier molecular flexibility index (Phi) is 6.41. The number of amides is 1. The summed E-state index contributed by atoms with van der Waals surface area (Å²) in [6, 6.07) is 7.93. The number of likely N-dealkylation sites (tertiary alicyclic amines) is 1. The lowest BCUT2D eigenvalue weighted by atomic mass is 9.67. The molecule has 9 heteroatoms. The molecule has 0 bridgehead atoms. The second-order valence-electron chi connectivity index (χ2n) is 9.91. The summed E-state index contributed by atoms with van der Waals surface area (Å²) in [6.45, 7) is 6.15. The van der Waals surface area contributed by atoms with Crippen LogP contribution in [0.4, 0.5) is 15.9 Å². The van der Waals surface area contributed by atoms with Gasteiger partial charge in [-0.3, -0.25) is 9.48 Å². The lowest BCUT2D eigenvalue weighted by Gasteiger charge is -2.46. The average molecular weight is 455 g/mol. The van der Waals surface area contributed by atoms with Gasteiger partial charge in [-0.2, -0.15) is 10.4 Å². The van der Waals surface area contributed by atoms with Crippen LogP contribution in [0.2, 0.25) is 0 Å². The molecule has 4 N–H and O–H groups in total. The van der Waals surface area contributed by atoms with Crippen molar-refractivity contribution in [3.63, 3.8) is 0 Å². The molecule has 2 aliphatic rings. The zero-order chi connectivity index (χ0) is 23.8. The van der Waals surface area contributed by atoms with Crippen LogP contribution in [0.3, 0.4) is 0 Å². The zero-order valence-electron chi connectivity index (χ0n) is 19.0. The van der Waals surface area contributed by atoms with E-state index in [0.29, 0.717) is 24.1 Å². The van der Waals surface area contributed by atoms with Gasteiger partial charge in [0.25, 0.3) is 5.91 Å². The number of nitrogens with two attached hydrogens (primary N) is 1. The number of nitrogens with one attached hydrogen (secondary N) is 1. The molecule has 0 unspecified atom stereocenters. The Labute approximate surface area is 193 Å². The van der Waals surface area contributed by atoms with Crippen molar-refractivity contribution >= 4 is 17.4 Å². The highest BCUT2D eigenvalue weighted by Crippen LogP contribution is 2.42. The minimum absolute atomic E-state index is 0.212. The minimum atomic E-state index is -0.638. The highest BCUT2D eigenvalue weighted by atomic mass is 19.1. The highest BCUT2D eigenvalue weighted by molar-refractivity contribution is 5.98. The summed E-state index contributed by atoms with van der Waals surface area (Å²) in [6.07, 6.45) is 4.33. The van der Waals surface area contributed by atoms with E-state index in [1.165, 1.54) is 12.1 Å². The Balaban J connectivity index is 1.49. The number of nitriles is 1. The van der Waals surface area contributed by atoms with Crippen LogP contribution in [0.5, 0.6) is 0 Å². The predicted octanol–water partition coefficient (Wildman–Crippen LogP) is 3.05. The standard InChI is InChI=1S/C24H31FN6O2/c1-24(2,33)17-9-15(10-17)12-30-8-7-16(11-26)21(14-30)31-13-20(22(27)32)23(29-31)28-19-5-3-18(25)4-6-19/h3-6,13,15-17,21,33H,7-10,12,14H2,1-2H3,(H2,27,32)(H,28,29)/t15?,16-,17?,21+/m1/s1. The molecular formula is C24H31FN6O2. The van der Waals surface area contributed by atoms with Crippen molar-refractivity contribution in [3.05, 3.63) is 41.8 Å². The molecule has 33 heavy (non-hydrogen) atoms. The van der Waals surface area contributed by atoms with Crippen molar-refractivity contribution in [2.75, 3.05) is 25.0 Å². The maximum atomic E-state index is 13.2. The highest BCUT2D eigenvalue weighted by Gasteiger charge is 2.40. The Morgan fingerprint density at radius 3 is 2.67 bits per heavy atom. The molecule has 1 amide bonds. The third-order valence-corrected chi connectivity index (χ3v) is 7.03. The van der Waals surface area contributed by atoms with Gasteiger partial charge in [-0.25, -0.2) is 4.39 Å². The number of rotatable bonds is 7. The average Bonchev–Trinajstić information content (AvgIpc) is 3.15. The van der Waals surface area contributed by atoms with Crippen LogP contribution < -0.4 is 11.1 Å². The fraction of sp³-hybridized carbons (Fsp3) is 0.542. The van der Waals surface area contributed by atoms with E-state index in [1.54, 1.807) is 23.0 Å². The van der Waals surface area contributed by atoms with Gasteiger partial charge >= 0.3 is 0 Å². The molecule has 8 nitrogen and oxygen atoms in total. The van der Waals surface area contributed by atoms with Crippen LogP contribution in [-0.2, 0) is 0 Å². The lowest BCUT2D eigenvalue weighted by molar-refractivity contribution is -0.0519. The Morgan fingerprint density at radius 2 is 2.06 bits per heavy atom. The SMILES string of the molecule is CC(C)(O)C1CC(CN2CC[C@H](C#N)[C@@H](n3cc(C(N)=O)c(Nc4ccc(F)cc4)n3)C2)C1. The van der Waals surface area contributed by atoms with Crippen LogP contribution >= 0.6 is 0 Å². The number of benzene rings is 1. The van der Waals surface area contributed by atoms with Crippen LogP contribution in [0.25, 0.3) is 0 Å². The smallest absolute Gasteiger partial charge is 0.254 e. The van der Waals surface area contributed by atoms with Gasteiger partial charge in [0.05, 0.1) is 23.6 Å². The first-order valence-electron chi connectivity index (χ1n) is 11.4. The first-order valence-corrected chi connectivity index (χ1v) is 11.4. The van der Waals surface area contributed by atoms with Crippen LogP contribution in [0.1, 0.15) is 49.5 Å². The van der Waals surface area contributed by atoms with Crippen LogP contribution in [-0.4, -0.2) is 50.9 Å². The van der Waals surface area contributed by atoms with E-state index < -0.39 is 11.5 Å². The van der Waals surface area contributed by atoms with Crippen molar-refractivity contribution in [2.24, 2.45) is 23.5 Å². The summed E-state index contributed by atoms with van der Waals surface area (Å²) in [4.78, 5) is 14.4. The number of carbonyl (C=O) groups is 1. The van der Waals surface area contributed by atoms with Gasteiger partial charge in [-0.05, 0) is 75.8 Å². The molecule has 0 radical (unpaired) electrons.